The number of piperidine rings is 1. The van der Waals surface area contributed by atoms with E-state index < -0.39 is 0 Å². The van der Waals surface area contributed by atoms with Crippen LogP contribution in [0.15, 0.2) is 30.3 Å². The average molecular weight is 204 g/mol. The highest BCUT2D eigenvalue weighted by Gasteiger charge is 2.27. The second-order valence-electron chi connectivity index (χ2n) is 5.54. The summed E-state index contributed by atoms with van der Waals surface area (Å²) in [7, 11) is 4.72. The van der Waals surface area contributed by atoms with Crippen molar-refractivity contribution in [2.75, 3.05) is 27.2 Å². The molecule has 1 aromatic rings. The van der Waals surface area contributed by atoms with Crippen molar-refractivity contribution < 1.29 is 4.48 Å². The van der Waals surface area contributed by atoms with E-state index in [0.717, 1.165) is 5.92 Å². The molecule has 0 saturated carbocycles. The fraction of sp³-hybridized carbons (Fsp3) is 0.571. The quantitative estimate of drug-likeness (QED) is 0.650. The second kappa shape index (κ2) is 4.36. The lowest BCUT2D eigenvalue weighted by Crippen LogP contribution is -2.47. The van der Waals surface area contributed by atoms with Gasteiger partial charge in [0.25, 0.3) is 0 Å². The highest BCUT2D eigenvalue weighted by atomic mass is 15.3. The van der Waals surface area contributed by atoms with E-state index in [2.05, 4.69) is 44.4 Å². The van der Waals surface area contributed by atoms with E-state index in [1.165, 1.54) is 42.4 Å². The van der Waals surface area contributed by atoms with Gasteiger partial charge in [0, 0.05) is 5.92 Å². The molecule has 1 atom stereocenters. The standard InChI is InChI=1S/C14H22N/c1-15(2)10-6-9-14(12-15)11-13-7-4-3-5-8-13/h3-5,7-8,14H,6,9-12H2,1-2H3/q+1. The van der Waals surface area contributed by atoms with Crippen molar-refractivity contribution in [2.24, 2.45) is 5.92 Å². The molecule has 0 aromatic heterocycles. The number of rotatable bonds is 2. The van der Waals surface area contributed by atoms with Crippen molar-refractivity contribution in [3.8, 4) is 0 Å². The highest BCUT2D eigenvalue weighted by molar-refractivity contribution is 5.15. The molecule has 1 nitrogen and oxygen atoms in total. The van der Waals surface area contributed by atoms with Crippen LogP contribution in [0, 0.1) is 5.92 Å². The summed E-state index contributed by atoms with van der Waals surface area (Å²) in [5.41, 5.74) is 1.50. The summed E-state index contributed by atoms with van der Waals surface area (Å²) in [6.07, 6.45) is 4.07. The summed E-state index contributed by atoms with van der Waals surface area (Å²) in [5.74, 6) is 0.885. The van der Waals surface area contributed by atoms with Gasteiger partial charge in [-0.3, -0.25) is 0 Å². The van der Waals surface area contributed by atoms with Gasteiger partial charge in [-0.1, -0.05) is 30.3 Å². The third-order valence-electron chi connectivity index (χ3n) is 3.50. The Bertz CT molecular complexity index is 302. The first kappa shape index (κ1) is 10.7. The van der Waals surface area contributed by atoms with Crippen LogP contribution >= 0.6 is 0 Å². The van der Waals surface area contributed by atoms with E-state index in [9.17, 15) is 0 Å². The fourth-order valence-electron chi connectivity index (χ4n) is 2.80. The molecule has 82 valence electrons. The maximum atomic E-state index is 2.36. The zero-order valence-corrected chi connectivity index (χ0v) is 9.95. The smallest absolute Gasteiger partial charge is 0.0814 e. The van der Waals surface area contributed by atoms with Gasteiger partial charge in [-0.15, -0.1) is 0 Å². The lowest BCUT2D eigenvalue weighted by molar-refractivity contribution is -0.898. The molecule has 1 fully saturated rings. The van der Waals surface area contributed by atoms with Crippen LogP contribution in [0.4, 0.5) is 0 Å². The van der Waals surface area contributed by atoms with E-state index in [1.807, 2.05) is 0 Å². The summed E-state index contributed by atoms with van der Waals surface area (Å²) >= 11 is 0. The Labute approximate surface area is 93.3 Å². The lowest BCUT2D eigenvalue weighted by atomic mass is 9.90. The first-order valence-corrected chi connectivity index (χ1v) is 6.02. The van der Waals surface area contributed by atoms with Crippen molar-refractivity contribution >= 4 is 0 Å². The van der Waals surface area contributed by atoms with Crippen LogP contribution in [-0.2, 0) is 6.42 Å². The Kier molecular flexibility index (Phi) is 3.11. The molecule has 1 aliphatic rings. The van der Waals surface area contributed by atoms with Gasteiger partial charge in [-0.2, -0.15) is 0 Å². The van der Waals surface area contributed by atoms with Crippen molar-refractivity contribution in [3.63, 3.8) is 0 Å². The van der Waals surface area contributed by atoms with Crippen LogP contribution < -0.4 is 0 Å². The summed E-state index contributed by atoms with van der Waals surface area (Å²) in [6, 6.07) is 10.9. The van der Waals surface area contributed by atoms with Crippen molar-refractivity contribution in [1.82, 2.24) is 0 Å². The molecule has 1 heterocycles. The average Bonchev–Trinajstić information content (AvgIpc) is 2.17. The molecule has 1 aromatic carbocycles. The van der Waals surface area contributed by atoms with Gasteiger partial charge in [0.05, 0.1) is 27.2 Å². The first-order chi connectivity index (χ1) is 7.16. The second-order valence-corrected chi connectivity index (χ2v) is 5.54. The van der Waals surface area contributed by atoms with E-state index >= 15 is 0 Å². The van der Waals surface area contributed by atoms with Gasteiger partial charge in [-0.25, -0.2) is 0 Å². The van der Waals surface area contributed by atoms with Crippen molar-refractivity contribution in [2.45, 2.75) is 19.3 Å². The largest absolute Gasteiger partial charge is 0.328 e. The molecule has 0 radical (unpaired) electrons. The maximum Gasteiger partial charge on any atom is 0.0814 e. The van der Waals surface area contributed by atoms with E-state index in [0.29, 0.717) is 0 Å². The third kappa shape index (κ3) is 3.07. The molecule has 0 N–H and O–H groups in total. The molecular weight excluding hydrogens is 182 g/mol. The summed E-state index contributed by atoms with van der Waals surface area (Å²) in [6.45, 7) is 2.69. The lowest BCUT2D eigenvalue weighted by Gasteiger charge is -2.38. The van der Waals surface area contributed by atoms with Gasteiger partial charge in [-0.05, 0) is 24.8 Å². The molecule has 1 unspecified atom stereocenters. The molecule has 0 amide bonds. The van der Waals surface area contributed by atoms with Crippen molar-refractivity contribution in [1.29, 1.82) is 0 Å². The molecule has 1 heteroatoms. The van der Waals surface area contributed by atoms with Crippen LogP contribution in [0.1, 0.15) is 18.4 Å². The van der Waals surface area contributed by atoms with Crippen molar-refractivity contribution in [3.05, 3.63) is 35.9 Å². The number of nitrogens with zero attached hydrogens (tertiary/aromatic N) is 1. The fourth-order valence-corrected chi connectivity index (χ4v) is 2.80. The Morgan fingerprint density at radius 2 is 1.93 bits per heavy atom. The van der Waals surface area contributed by atoms with E-state index in [-0.39, 0.29) is 0 Å². The highest BCUT2D eigenvalue weighted by Crippen LogP contribution is 2.23. The Morgan fingerprint density at radius 3 is 2.60 bits per heavy atom. The Balaban J connectivity index is 1.95. The number of hydrogen-bond donors (Lipinski definition) is 0. The summed E-state index contributed by atoms with van der Waals surface area (Å²) in [4.78, 5) is 0. The van der Waals surface area contributed by atoms with Gasteiger partial charge in [0.2, 0.25) is 0 Å². The van der Waals surface area contributed by atoms with Gasteiger partial charge in [0.15, 0.2) is 0 Å². The third-order valence-corrected chi connectivity index (χ3v) is 3.50. The number of likely N-dealkylation sites (tertiary alicyclic amines) is 1. The Morgan fingerprint density at radius 1 is 1.20 bits per heavy atom. The molecule has 2 rings (SSSR count). The normalized spacial score (nSPS) is 25.1. The molecular formula is C14H22N+. The van der Waals surface area contributed by atoms with Crippen LogP contribution in [0.3, 0.4) is 0 Å². The number of hydrogen-bond acceptors (Lipinski definition) is 0. The van der Waals surface area contributed by atoms with Gasteiger partial charge < -0.3 is 4.48 Å². The summed E-state index contributed by atoms with van der Waals surface area (Å²) < 4.78 is 1.21. The predicted octanol–water partition coefficient (Wildman–Crippen LogP) is 2.72. The molecule has 1 aliphatic heterocycles. The zero-order chi connectivity index (χ0) is 10.7. The molecule has 0 bridgehead atoms. The first-order valence-electron chi connectivity index (χ1n) is 6.02. The predicted molar refractivity (Wildman–Crippen MR) is 64.7 cm³/mol. The van der Waals surface area contributed by atoms with Gasteiger partial charge >= 0.3 is 0 Å². The van der Waals surface area contributed by atoms with Crippen LogP contribution in [0.5, 0.6) is 0 Å². The molecule has 15 heavy (non-hydrogen) atoms. The molecule has 0 spiro atoms. The minimum Gasteiger partial charge on any atom is -0.328 e. The summed E-state index contributed by atoms with van der Waals surface area (Å²) in [5, 5.41) is 0. The number of quaternary nitrogens is 1. The zero-order valence-electron chi connectivity index (χ0n) is 9.95. The molecule has 1 saturated heterocycles. The Hall–Kier alpha value is -0.820. The SMILES string of the molecule is C[N+]1(C)CCCC(Cc2ccccc2)C1. The minimum atomic E-state index is 0.885. The molecule has 0 aliphatic carbocycles. The van der Waals surface area contributed by atoms with Gasteiger partial charge in [0.1, 0.15) is 0 Å². The van der Waals surface area contributed by atoms with Crippen LogP contribution in [0.2, 0.25) is 0 Å². The topological polar surface area (TPSA) is 0 Å². The number of benzene rings is 1. The van der Waals surface area contributed by atoms with E-state index in [4.69, 9.17) is 0 Å². The van der Waals surface area contributed by atoms with E-state index in [1.54, 1.807) is 0 Å². The minimum absolute atomic E-state index is 0.885. The maximum absolute atomic E-state index is 2.36. The van der Waals surface area contributed by atoms with Crippen LogP contribution in [0.25, 0.3) is 0 Å². The van der Waals surface area contributed by atoms with Crippen LogP contribution in [-0.4, -0.2) is 31.7 Å². The monoisotopic (exact) mass is 204 g/mol.